The third-order valence-corrected chi connectivity index (χ3v) is 17.3. The number of nitrogens with zero attached hydrogens (tertiary/aromatic N) is 3. The summed E-state index contributed by atoms with van der Waals surface area (Å²) < 4.78 is 19.5. The molecule has 0 radical (unpaired) electrons. The van der Waals surface area contributed by atoms with E-state index < -0.39 is 46.6 Å². The highest BCUT2D eigenvalue weighted by atomic mass is 35.5. The smallest absolute Gasteiger partial charge is 0.329 e. The molecule has 4 atom stereocenters. The molecule has 6 aliphatic rings. The first-order valence-electron chi connectivity index (χ1n) is 24.3. The largest absolute Gasteiger partial charge is 0.339 e. The Kier molecular flexibility index (Phi) is 11.4. The number of hydrogen-bond acceptors (Lipinski definition) is 7. The Morgan fingerprint density at radius 1 is 0.870 bits per heavy atom. The molecule has 4 N–H and O–H groups in total. The highest BCUT2D eigenvalue weighted by molar-refractivity contribution is 6.31. The van der Waals surface area contributed by atoms with Gasteiger partial charge in [-0.05, 0) is 134 Å². The summed E-state index contributed by atoms with van der Waals surface area (Å²) in [5, 5.41) is 12.5. The Labute approximate surface area is 408 Å². The van der Waals surface area contributed by atoms with E-state index in [0.29, 0.717) is 71.3 Å². The molecule has 2 aliphatic carbocycles. The number of fused-ring (bicyclic) bond motifs is 4. The molecule has 1 aromatic heterocycles. The summed E-state index contributed by atoms with van der Waals surface area (Å²) in [6, 6.07) is 21.0. The predicted octanol–water partition coefficient (Wildman–Crippen LogP) is 8.32. The molecule has 358 valence electrons. The standard InChI is InChI=1S/C53H54Cl2FN7O6/c1-61-45-31(7-5-10-39(45)63(50(61)69)40-19-20-41(64)59-46(40)65)12-11-30-28-51(29-30)23-25-62(26-24-51)48(67)32-13-16-34(17-14-32)57-47(66)44-42(35-8-6-9-37(55)43(35)56)53(52(60-44)21-3-2-4-22-52)36-18-15-33(54)27-38(36)58-49(53)68/h5-10,13-18,27,30,40,42,44,60H,2-4,11-12,19-26,28-29H2,1H3,(H,57,66)(H,58,68)(H,59,64,65)/t40?,42-,44+,53+/m0/s1. The molecule has 4 aromatic carbocycles. The quantitative estimate of drug-likeness (QED) is 0.114. The lowest BCUT2D eigenvalue weighted by Crippen LogP contribution is -2.60. The second-order valence-corrected chi connectivity index (χ2v) is 21.3. The van der Waals surface area contributed by atoms with E-state index in [-0.39, 0.29) is 45.8 Å². The lowest BCUT2D eigenvalue weighted by molar-refractivity contribution is -0.135. The average molecular weight is 975 g/mol. The zero-order valence-corrected chi connectivity index (χ0v) is 39.9. The van der Waals surface area contributed by atoms with Crippen LogP contribution in [0.1, 0.15) is 116 Å². The first-order valence-corrected chi connectivity index (χ1v) is 25.0. The van der Waals surface area contributed by atoms with E-state index in [1.807, 2.05) is 23.1 Å². The van der Waals surface area contributed by atoms with E-state index in [9.17, 15) is 28.8 Å². The highest BCUT2D eigenvalue weighted by Gasteiger charge is 2.72. The maximum atomic E-state index is 16.3. The number of aromatic nitrogens is 2. The molecule has 4 aliphatic heterocycles. The van der Waals surface area contributed by atoms with Crippen molar-refractivity contribution in [2.45, 2.75) is 112 Å². The van der Waals surface area contributed by atoms with E-state index in [1.165, 1.54) is 10.6 Å². The first-order chi connectivity index (χ1) is 33.2. The molecule has 16 heteroatoms. The average Bonchev–Trinajstić information content (AvgIpc) is 3.89. The minimum absolute atomic E-state index is 0.0669. The number of para-hydroxylation sites is 1. The number of rotatable bonds is 8. The van der Waals surface area contributed by atoms with Crippen LogP contribution in [0.2, 0.25) is 10.0 Å². The molecule has 13 nitrogen and oxygen atoms in total. The predicted molar refractivity (Wildman–Crippen MR) is 261 cm³/mol. The van der Waals surface area contributed by atoms with Crippen molar-refractivity contribution < 1.29 is 28.4 Å². The van der Waals surface area contributed by atoms with Gasteiger partial charge in [-0.2, -0.15) is 0 Å². The van der Waals surface area contributed by atoms with Gasteiger partial charge < -0.3 is 15.5 Å². The summed E-state index contributed by atoms with van der Waals surface area (Å²) in [4.78, 5) is 83.1. The van der Waals surface area contributed by atoms with Crippen LogP contribution >= 0.6 is 23.2 Å². The summed E-state index contributed by atoms with van der Waals surface area (Å²) in [5.74, 6) is -2.67. The summed E-state index contributed by atoms with van der Waals surface area (Å²) >= 11 is 12.8. The number of imidazole rings is 1. The van der Waals surface area contributed by atoms with E-state index in [4.69, 9.17) is 23.2 Å². The van der Waals surface area contributed by atoms with Crippen molar-refractivity contribution in [2.75, 3.05) is 23.7 Å². The van der Waals surface area contributed by atoms with Gasteiger partial charge in [-0.1, -0.05) is 72.8 Å². The first kappa shape index (κ1) is 45.6. The molecular formula is C53H54Cl2FN7O6. The number of hydrogen-bond donors (Lipinski definition) is 4. The van der Waals surface area contributed by atoms with Crippen molar-refractivity contribution in [3.05, 3.63) is 127 Å². The fourth-order valence-corrected chi connectivity index (χ4v) is 13.9. The Bertz CT molecular complexity index is 3020. The zero-order valence-electron chi connectivity index (χ0n) is 38.3. The summed E-state index contributed by atoms with van der Waals surface area (Å²) in [6.45, 7) is 1.31. The zero-order chi connectivity index (χ0) is 48.0. The van der Waals surface area contributed by atoms with E-state index in [1.54, 1.807) is 60.1 Å². The third kappa shape index (κ3) is 7.34. The number of anilines is 2. The number of likely N-dealkylation sites (tertiary alicyclic amines) is 1. The molecule has 11 rings (SSSR count). The fraction of sp³-hybridized carbons (Fsp3) is 0.434. The van der Waals surface area contributed by atoms with Crippen LogP contribution in [-0.2, 0) is 38.1 Å². The number of halogens is 3. The minimum atomic E-state index is -1.35. The van der Waals surface area contributed by atoms with Gasteiger partial charge in [0.2, 0.25) is 23.6 Å². The number of imide groups is 1. The van der Waals surface area contributed by atoms with Crippen LogP contribution in [-0.4, -0.2) is 68.2 Å². The van der Waals surface area contributed by atoms with Gasteiger partial charge in [0, 0.05) is 60.0 Å². The topological polar surface area (TPSA) is 164 Å². The van der Waals surface area contributed by atoms with Crippen LogP contribution in [0.5, 0.6) is 0 Å². The number of carbonyl (C=O) groups excluding carboxylic acids is 5. The van der Waals surface area contributed by atoms with Gasteiger partial charge >= 0.3 is 5.69 Å². The van der Waals surface area contributed by atoms with Gasteiger partial charge in [0.1, 0.15) is 17.3 Å². The Hall–Kier alpha value is -5.83. The van der Waals surface area contributed by atoms with Crippen LogP contribution in [0.4, 0.5) is 15.8 Å². The SMILES string of the molecule is Cn1c(=O)n(C2CCC(=O)NC2=O)c2cccc(CCC3CC4(CCN(C(=O)c5ccc(NC(=O)[C@@H]6NC7(CCCCC7)[C@@]7(C(=O)Nc8cc(Cl)ccc87)[C@H]6c6cccc(Cl)c6F)cc5)CC4)C3)c21. The summed E-state index contributed by atoms with van der Waals surface area (Å²) in [5.41, 5.74) is 2.70. The van der Waals surface area contributed by atoms with Crippen molar-refractivity contribution in [1.29, 1.82) is 0 Å². The van der Waals surface area contributed by atoms with Crippen molar-refractivity contribution in [1.82, 2.24) is 24.7 Å². The van der Waals surface area contributed by atoms with E-state index in [0.717, 1.165) is 68.9 Å². The molecule has 1 unspecified atom stereocenters. The minimum Gasteiger partial charge on any atom is -0.339 e. The van der Waals surface area contributed by atoms with Crippen LogP contribution in [0, 0.1) is 17.2 Å². The van der Waals surface area contributed by atoms with E-state index in [2.05, 4.69) is 27.3 Å². The molecule has 0 bridgehead atoms. The molecular weight excluding hydrogens is 921 g/mol. The Morgan fingerprint density at radius 2 is 1.61 bits per heavy atom. The molecule has 5 aromatic rings. The van der Waals surface area contributed by atoms with Crippen LogP contribution in [0.15, 0.2) is 83.7 Å². The molecule has 3 saturated heterocycles. The van der Waals surface area contributed by atoms with Gasteiger partial charge in [-0.25, -0.2) is 9.18 Å². The van der Waals surface area contributed by atoms with Crippen LogP contribution in [0.25, 0.3) is 11.0 Å². The van der Waals surface area contributed by atoms with Crippen molar-refractivity contribution in [2.24, 2.45) is 18.4 Å². The van der Waals surface area contributed by atoms with Gasteiger partial charge in [-0.15, -0.1) is 0 Å². The van der Waals surface area contributed by atoms with Crippen LogP contribution < -0.4 is 27.0 Å². The third-order valence-electron chi connectivity index (χ3n) is 16.8. The number of aryl methyl sites for hydroxylation is 2. The van der Waals surface area contributed by atoms with Crippen molar-refractivity contribution in [3.8, 4) is 0 Å². The molecule has 5 amide bonds. The fourth-order valence-electron chi connectivity index (χ4n) is 13.6. The lowest BCUT2D eigenvalue weighted by Gasteiger charge is -2.52. The maximum Gasteiger partial charge on any atom is 0.329 e. The number of nitrogens with one attached hydrogen (secondary N) is 4. The Morgan fingerprint density at radius 3 is 2.35 bits per heavy atom. The monoisotopic (exact) mass is 973 g/mol. The van der Waals surface area contributed by atoms with Crippen molar-refractivity contribution >= 4 is 75.1 Å². The van der Waals surface area contributed by atoms with Gasteiger partial charge in [0.25, 0.3) is 5.91 Å². The number of amides is 5. The number of carbonyl (C=O) groups is 5. The molecule has 69 heavy (non-hydrogen) atoms. The van der Waals surface area contributed by atoms with Crippen LogP contribution in [0.3, 0.4) is 0 Å². The molecule has 5 fully saturated rings. The highest BCUT2D eigenvalue weighted by Crippen LogP contribution is 2.63. The van der Waals surface area contributed by atoms with Gasteiger partial charge in [0.05, 0.1) is 22.1 Å². The Balaban J connectivity index is 0.745. The second kappa shape index (κ2) is 17.2. The van der Waals surface area contributed by atoms with Crippen molar-refractivity contribution in [3.63, 3.8) is 0 Å². The summed E-state index contributed by atoms with van der Waals surface area (Å²) in [6.07, 6.45) is 10.1. The van der Waals surface area contributed by atoms with E-state index >= 15 is 4.39 Å². The second-order valence-electron chi connectivity index (χ2n) is 20.5. The normalized spacial score (nSPS) is 25.0. The maximum absolute atomic E-state index is 16.3. The molecule has 3 spiro atoms. The van der Waals surface area contributed by atoms with Gasteiger partial charge in [0.15, 0.2) is 0 Å². The number of piperidine rings is 2. The molecule has 2 saturated carbocycles. The number of benzene rings is 4. The lowest BCUT2D eigenvalue weighted by atomic mass is 9.55. The molecule has 5 heterocycles. The van der Waals surface area contributed by atoms with Gasteiger partial charge in [-0.3, -0.25) is 43.7 Å². The summed E-state index contributed by atoms with van der Waals surface area (Å²) in [7, 11) is 1.74.